The molecule has 0 fully saturated rings. The molecule has 0 aliphatic rings. The molecule has 0 heterocycles. The number of nitrogens with zero attached hydrogens (tertiary/aromatic N) is 1. The van der Waals surface area contributed by atoms with Gasteiger partial charge >= 0.3 is 0 Å². The Morgan fingerprint density at radius 2 is 1.68 bits per heavy atom. The molecule has 1 N–H and O–H groups in total. The second kappa shape index (κ2) is 9.47. The highest BCUT2D eigenvalue weighted by Crippen LogP contribution is 2.16. The summed E-state index contributed by atoms with van der Waals surface area (Å²) >= 11 is 0. The van der Waals surface area contributed by atoms with Gasteiger partial charge in [0.1, 0.15) is 12.4 Å². The van der Waals surface area contributed by atoms with Crippen molar-refractivity contribution >= 4 is 11.8 Å². The maximum atomic E-state index is 12.8. The molecule has 2 aromatic carbocycles. The molecule has 2 rings (SSSR count). The molecule has 2 amide bonds. The van der Waals surface area contributed by atoms with Crippen molar-refractivity contribution in [3.05, 3.63) is 65.7 Å². The van der Waals surface area contributed by atoms with E-state index in [0.29, 0.717) is 25.3 Å². The number of hydrogen-bond donors (Lipinski definition) is 1. The lowest BCUT2D eigenvalue weighted by molar-refractivity contribution is -0.121. The number of carbonyl (C=O) groups is 2. The Morgan fingerprint density at radius 1 is 1.00 bits per heavy atom. The van der Waals surface area contributed by atoms with Crippen molar-refractivity contribution in [1.82, 2.24) is 10.2 Å². The van der Waals surface area contributed by atoms with Gasteiger partial charge in [-0.2, -0.15) is 0 Å². The first kappa shape index (κ1) is 18.5. The minimum Gasteiger partial charge on any atom is -0.489 e. The Hall–Kier alpha value is -2.82. The molecule has 5 nitrogen and oxygen atoms in total. The van der Waals surface area contributed by atoms with E-state index in [1.54, 1.807) is 6.07 Å². The highest BCUT2D eigenvalue weighted by molar-refractivity contribution is 5.97. The zero-order valence-electron chi connectivity index (χ0n) is 14.7. The van der Waals surface area contributed by atoms with Crippen LogP contribution in [0, 0.1) is 0 Å². The molecular formula is C20H24N2O3. The van der Waals surface area contributed by atoms with Gasteiger partial charge in [-0.1, -0.05) is 36.4 Å². The van der Waals surface area contributed by atoms with E-state index in [0.717, 1.165) is 11.3 Å². The highest BCUT2D eigenvalue weighted by atomic mass is 16.5. The van der Waals surface area contributed by atoms with Crippen LogP contribution in [0.2, 0.25) is 0 Å². The van der Waals surface area contributed by atoms with Crippen LogP contribution in [0.15, 0.2) is 54.6 Å². The van der Waals surface area contributed by atoms with Crippen LogP contribution in [0.4, 0.5) is 0 Å². The smallest absolute Gasteiger partial charge is 0.254 e. The molecule has 0 bridgehead atoms. The predicted molar refractivity (Wildman–Crippen MR) is 97.5 cm³/mol. The molecule has 25 heavy (non-hydrogen) atoms. The fraction of sp³-hybridized carbons (Fsp3) is 0.300. The molecule has 0 aliphatic carbocycles. The van der Waals surface area contributed by atoms with Crippen molar-refractivity contribution in [3.63, 3.8) is 0 Å². The van der Waals surface area contributed by atoms with Crippen LogP contribution in [0.25, 0.3) is 0 Å². The number of para-hydroxylation sites is 1. The van der Waals surface area contributed by atoms with Gasteiger partial charge in [-0.15, -0.1) is 0 Å². The predicted octanol–water partition coefficient (Wildman–Crippen LogP) is 2.86. The first-order valence-corrected chi connectivity index (χ1v) is 8.47. The summed E-state index contributed by atoms with van der Waals surface area (Å²) in [5.74, 6) is 0.427. The van der Waals surface area contributed by atoms with Crippen LogP contribution in [-0.2, 0) is 11.4 Å². The van der Waals surface area contributed by atoms with Crippen molar-refractivity contribution in [2.45, 2.75) is 20.5 Å². The lowest BCUT2D eigenvalue weighted by Crippen LogP contribution is -2.40. The fourth-order valence-electron chi connectivity index (χ4n) is 2.46. The summed E-state index contributed by atoms with van der Waals surface area (Å²) in [6, 6.07) is 16.8. The van der Waals surface area contributed by atoms with Gasteiger partial charge in [0.15, 0.2) is 0 Å². The van der Waals surface area contributed by atoms with Gasteiger partial charge in [-0.25, -0.2) is 0 Å². The van der Waals surface area contributed by atoms with Gasteiger partial charge in [-0.05, 0) is 32.0 Å². The zero-order valence-corrected chi connectivity index (χ0v) is 14.7. The summed E-state index contributed by atoms with van der Waals surface area (Å²) in [6.45, 7) is 5.07. The van der Waals surface area contributed by atoms with E-state index >= 15 is 0 Å². The SMILES string of the molecule is CCNC(=O)CN(CC)C(=O)c1ccccc1COc1ccccc1. The van der Waals surface area contributed by atoms with E-state index in [4.69, 9.17) is 4.74 Å². The third-order valence-corrected chi connectivity index (χ3v) is 3.76. The first-order valence-electron chi connectivity index (χ1n) is 8.47. The normalized spacial score (nSPS) is 10.2. The van der Waals surface area contributed by atoms with Gasteiger partial charge in [0.25, 0.3) is 5.91 Å². The van der Waals surface area contributed by atoms with Gasteiger partial charge in [0.2, 0.25) is 5.91 Å². The molecule has 0 aliphatic heterocycles. The van der Waals surface area contributed by atoms with E-state index in [1.165, 1.54) is 4.90 Å². The summed E-state index contributed by atoms with van der Waals surface area (Å²) in [4.78, 5) is 26.2. The van der Waals surface area contributed by atoms with E-state index in [9.17, 15) is 9.59 Å². The number of amides is 2. The summed E-state index contributed by atoms with van der Waals surface area (Å²) in [7, 11) is 0. The van der Waals surface area contributed by atoms with Crippen LogP contribution in [0.3, 0.4) is 0 Å². The average molecular weight is 340 g/mol. The summed E-state index contributed by atoms with van der Waals surface area (Å²) in [5, 5.41) is 2.72. The van der Waals surface area contributed by atoms with Gasteiger partial charge in [-0.3, -0.25) is 9.59 Å². The van der Waals surface area contributed by atoms with Crippen molar-refractivity contribution in [2.75, 3.05) is 19.6 Å². The maximum Gasteiger partial charge on any atom is 0.254 e. The topological polar surface area (TPSA) is 58.6 Å². The van der Waals surface area contributed by atoms with Gasteiger partial charge in [0, 0.05) is 24.2 Å². The van der Waals surface area contributed by atoms with Crippen LogP contribution >= 0.6 is 0 Å². The Morgan fingerprint density at radius 3 is 2.36 bits per heavy atom. The third-order valence-electron chi connectivity index (χ3n) is 3.76. The molecule has 0 saturated carbocycles. The second-order valence-electron chi connectivity index (χ2n) is 5.53. The molecule has 0 aromatic heterocycles. The Kier molecular flexibility index (Phi) is 7.01. The first-order chi connectivity index (χ1) is 12.2. The second-order valence-corrected chi connectivity index (χ2v) is 5.53. The highest BCUT2D eigenvalue weighted by Gasteiger charge is 2.19. The van der Waals surface area contributed by atoms with Crippen molar-refractivity contribution in [2.24, 2.45) is 0 Å². The van der Waals surface area contributed by atoms with E-state index in [2.05, 4.69) is 5.32 Å². The summed E-state index contributed by atoms with van der Waals surface area (Å²) in [6.07, 6.45) is 0. The summed E-state index contributed by atoms with van der Waals surface area (Å²) < 4.78 is 5.77. The van der Waals surface area contributed by atoms with E-state index in [1.807, 2.05) is 62.4 Å². The standard InChI is InChI=1S/C20H24N2O3/c1-3-21-19(23)14-22(4-2)20(24)18-13-9-8-10-16(18)15-25-17-11-6-5-7-12-17/h5-13H,3-4,14-15H2,1-2H3,(H,21,23). The molecule has 0 radical (unpaired) electrons. The van der Waals surface area contributed by atoms with Crippen molar-refractivity contribution in [3.8, 4) is 5.75 Å². The quantitative estimate of drug-likeness (QED) is 0.804. The largest absolute Gasteiger partial charge is 0.489 e. The minimum absolute atomic E-state index is 0.0526. The van der Waals surface area contributed by atoms with Crippen molar-refractivity contribution in [1.29, 1.82) is 0 Å². The molecule has 132 valence electrons. The number of likely N-dealkylation sites (N-methyl/N-ethyl adjacent to an activating group) is 2. The Bertz CT molecular complexity index is 701. The lowest BCUT2D eigenvalue weighted by atomic mass is 10.1. The number of hydrogen-bond acceptors (Lipinski definition) is 3. The molecule has 0 unspecified atom stereocenters. The Labute approximate surface area is 148 Å². The van der Waals surface area contributed by atoms with Crippen LogP contribution in [0.5, 0.6) is 5.75 Å². The minimum atomic E-state index is -0.166. The number of rotatable bonds is 8. The van der Waals surface area contributed by atoms with Gasteiger partial charge in [0.05, 0.1) is 6.54 Å². The number of nitrogens with one attached hydrogen (secondary N) is 1. The Balaban J connectivity index is 2.12. The third kappa shape index (κ3) is 5.35. The van der Waals surface area contributed by atoms with Crippen LogP contribution < -0.4 is 10.1 Å². The van der Waals surface area contributed by atoms with Crippen LogP contribution in [-0.4, -0.2) is 36.3 Å². The molecule has 0 saturated heterocycles. The maximum absolute atomic E-state index is 12.8. The monoisotopic (exact) mass is 340 g/mol. The lowest BCUT2D eigenvalue weighted by Gasteiger charge is -2.21. The molecule has 5 heteroatoms. The summed E-state index contributed by atoms with van der Waals surface area (Å²) in [5.41, 5.74) is 1.36. The number of ether oxygens (including phenoxy) is 1. The molecule has 2 aromatic rings. The zero-order chi connectivity index (χ0) is 18.1. The number of benzene rings is 2. The number of carbonyl (C=O) groups excluding carboxylic acids is 2. The van der Waals surface area contributed by atoms with Gasteiger partial charge < -0.3 is 15.0 Å². The van der Waals surface area contributed by atoms with Crippen LogP contribution in [0.1, 0.15) is 29.8 Å². The molecule has 0 atom stereocenters. The van der Waals surface area contributed by atoms with E-state index in [-0.39, 0.29) is 18.4 Å². The van der Waals surface area contributed by atoms with E-state index < -0.39 is 0 Å². The average Bonchev–Trinajstić information content (AvgIpc) is 2.65. The fourth-order valence-corrected chi connectivity index (χ4v) is 2.46. The molecule has 0 spiro atoms. The molecular weight excluding hydrogens is 316 g/mol. The van der Waals surface area contributed by atoms with Crippen molar-refractivity contribution < 1.29 is 14.3 Å².